The number of Topliss-reactive ketones (excluding diaryl/α,β-unsaturated/α-hetero) is 1. The minimum Gasteiger partial charge on any atom is -0.300 e. The minimum absolute atomic E-state index is 0.329. The molecule has 0 unspecified atom stereocenters. The third-order valence-electron chi connectivity index (χ3n) is 2.29. The molecule has 1 spiro atoms. The van der Waals surface area contributed by atoms with E-state index in [1.165, 1.54) is 17.9 Å². The van der Waals surface area contributed by atoms with E-state index in [2.05, 4.69) is 0 Å². The van der Waals surface area contributed by atoms with Gasteiger partial charge in [0.05, 0.1) is 4.08 Å². The third-order valence-corrected chi connectivity index (χ3v) is 5.82. The van der Waals surface area contributed by atoms with Gasteiger partial charge < -0.3 is 0 Å². The predicted octanol–water partition coefficient (Wildman–Crippen LogP) is 2.31. The van der Waals surface area contributed by atoms with Gasteiger partial charge in [-0.2, -0.15) is 0 Å². The van der Waals surface area contributed by atoms with Gasteiger partial charge in [0.1, 0.15) is 5.78 Å². The van der Waals surface area contributed by atoms with Crippen molar-refractivity contribution < 1.29 is 4.79 Å². The van der Waals surface area contributed by atoms with E-state index >= 15 is 0 Å². The van der Waals surface area contributed by atoms with Gasteiger partial charge >= 0.3 is 0 Å². The molecule has 3 heteroatoms. The largest absolute Gasteiger partial charge is 0.300 e. The normalized spacial score (nSPS) is 29.6. The summed E-state index contributed by atoms with van der Waals surface area (Å²) in [6, 6.07) is 0. The van der Waals surface area contributed by atoms with E-state index in [4.69, 9.17) is 0 Å². The zero-order valence-corrected chi connectivity index (χ0v) is 8.10. The molecule has 2 fully saturated rings. The number of thioether (sulfide) groups is 2. The Bertz CT molecular complexity index is 173. The predicted molar refractivity (Wildman–Crippen MR) is 51.1 cm³/mol. The monoisotopic (exact) mass is 188 g/mol. The molecule has 1 saturated heterocycles. The molecule has 1 aliphatic carbocycles. The highest BCUT2D eigenvalue weighted by atomic mass is 32.2. The van der Waals surface area contributed by atoms with Crippen LogP contribution in [0.15, 0.2) is 0 Å². The van der Waals surface area contributed by atoms with Crippen LogP contribution in [0.4, 0.5) is 0 Å². The smallest absolute Gasteiger partial charge is 0.135 e. The van der Waals surface area contributed by atoms with Crippen LogP contribution in [0.25, 0.3) is 0 Å². The Balaban J connectivity index is 2.05. The lowest BCUT2D eigenvalue weighted by molar-refractivity contribution is -0.120. The zero-order chi connectivity index (χ0) is 7.73. The van der Waals surface area contributed by atoms with Gasteiger partial charge in [-0.1, -0.05) is 0 Å². The summed E-state index contributed by atoms with van der Waals surface area (Å²) < 4.78 is 0.329. The third kappa shape index (κ3) is 1.59. The van der Waals surface area contributed by atoms with Gasteiger partial charge in [-0.15, -0.1) is 23.5 Å². The number of carbonyl (C=O) groups is 1. The average Bonchev–Trinajstić information content (AvgIpc) is 2.37. The van der Waals surface area contributed by atoms with Crippen LogP contribution in [0.5, 0.6) is 0 Å². The van der Waals surface area contributed by atoms with Crippen molar-refractivity contribution in [3.05, 3.63) is 0 Å². The highest BCUT2D eigenvalue weighted by Gasteiger charge is 2.39. The SMILES string of the molecule is O=C1CCCC2(C1)SCCS2. The summed E-state index contributed by atoms with van der Waals surface area (Å²) in [4.78, 5) is 11.2. The number of hydrogen-bond acceptors (Lipinski definition) is 3. The molecule has 2 rings (SSSR count). The van der Waals surface area contributed by atoms with Crippen LogP contribution in [0.1, 0.15) is 25.7 Å². The van der Waals surface area contributed by atoms with Crippen molar-refractivity contribution in [3.8, 4) is 0 Å². The van der Waals surface area contributed by atoms with E-state index in [9.17, 15) is 4.79 Å². The van der Waals surface area contributed by atoms with Gasteiger partial charge in [-0.25, -0.2) is 0 Å². The maximum Gasteiger partial charge on any atom is 0.135 e. The van der Waals surface area contributed by atoms with Crippen molar-refractivity contribution in [2.75, 3.05) is 11.5 Å². The summed E-state index contributed by atoms with van der Waals surface area (Å²) in [5, 5.41) is 0. The molecule has 0 aromatic carbocycles. The Hall–Kier alpha value is 0.370. The average molecular weight is 188 g/mol. The molecule has 62 valence electrons. The van der Waals surface area contributed by atoms with E-state index in [0.29, 0.717) is 9.86 Å². The summed E-state index contributed by atoms with van der Waals surface area (Å²) in [6.07, 6.45) is 4.05. The first-order chi connectivity index (χ1) is 5.31. The Morgan fingerprint density at radius 2 is 2.00 bits per heavy atom. The van der Waals surface area contributed by atoms with Gasteiger partial charge in [-0.05, 0) is 12.8 Å². The van der Waals surface area contributed by atoms with Crippen LogP contribution in [0.2, 0.25) is 0 Å². The first kappa shape index (κ1) is 7.99. The van der Waals surface area contributed by atoms with E-state index in [1.807, 2.05) is 23.5 Å². The zero-order valence-electron chi connectivity index (χ0n) is 6.47. The Morgan fingerprint density at radius 3 is 2.64 bits per heavy atom. The Labute approximate surface area is 75.7 Å². The maximum atomic E-state index is 11.2. The first-order valence-electron chi connectivity index (χ1n) is 4.10. The molecule has 0 amide bonds. The highest BCUT2D eigenvalue weighted by Crippen LogP contribution is 2.51. The van der Waals surface area contributed by atoms with Crippen LogP contribution in [-0.2, 0) is 4.79 Å². The maximum absolute atomic E-state index is 11.2. The minimum atomic E-state index is 0.329. The number of ketones is 1. The van der Waals surface area contributed by atoms with Crippen molar-refractivity contribution >= 4 is 29.3 Å². The second kappa shape index (κ2) is 3.02. The molecule has 1 heterocycles. The van der Waals surface area contributed by atoms with E-state index in [0.717, 1.165) is 19.3 Å². The number of carbonyl (C=O) groups excluding carboxylic acids is 1. The first-order valence-corrected chi connectivity index (χ1v) is 6.08. The Kier molecular flexibility index (Phi) is 2.19. The van der Waals surface area contributed by atoms with Crippen LogP contribution in [0.3, 0.4) is 0 Å². The summed E-state index contributed by atoms with van der Waals surface area (Å²) in [5.41, 5.74) is 0. The van der Waals surface area contributed by atoms with Crippen LogP contribution in [0, 0.1) is 0 Å². The standard InChI is InChI=1S/C8H12OS2/c9-7-2-1-3-8(6-7)10-4-5-11-8/h1-6H2. The lowest BCUT2D eigenvalue weighted by Gasteiger charge is -2.30. The molecule has 1 aliphatic heterocycles. The van der Waals surface area contributed by atoms with Crippen molar-refractivity contribution in [1.82, 2.24) is 0 Å². The van der Waals surface area contributed by atoms with Crippen molar-refractivity contribution in [1.29, 1.82) is 0 Å². The second-order valence-electron chi connectivity index (χ2n) is 3.18. The second-order valence-corrected chi connectivity index (χ2v) is 6.39. The molecule has 11 heavy (non-hydrogen) atoms. The van der Waals surface area contributed by atoms with E-state index in [-0.39, 0.29) is 0 Å². The van der Waals surface area contributed by atoms with E-state index < -0.39 is 0 Å². The summed E-state index contributed by atoms with van der Waals surface area (Å²) >= 11 is 4.02. The van der Waals surface area contributed by atoms with Gasteiger partial charge in [0.15, 0.2) is 0 Å². The summed E-state index contributed by atoms with van der Waals surface area (Å²) in [6.45, 7) is 0. The molecule has 0 N–H and O–H groups in total. The molecule has 0 radical (unpaired) electrons. The van der Waals surface area contributed by atoms with Gasteiger partial charge in [0.2, 0.25) is 0 Å². The molecule has 0 aromatic heterocycles. The van der Waals surface area contributed by atoms with Crippen LogP contribution in [-0.4, -0.2) is 21.4 Å². The molecule has 2 aliphatic rings. The Morgan fingerprint density at radius 1 is 1.27 bits per heavy atom. The van der Waals surface area contributed by atoms with Gasteiger partial charge in [-0.3, -0.25) is 4.79 Å². The fourth-order valence-corrected chi connectivity index (χ4v) is 5.12. The lowest BCUT2D eigenvalue weighted by atomic mass is 9.98. The fourth-order valence-electron chi connectivity index (χ4n) is 1.78. The molecule has 0 bridgehead atoms. The van der Waals surface area contributed by atoms with Crippen LogP contribution < -0.4 is 0 Å². The van der Waals surface area contributed by atoms with Crippen molar-refractivity contribution in [2.45, 2.75) is 29.8 Å². The van der Waals surface area contributed by atoms with Crippen molar-refractivity contribution in [3.63, 3.8) is 0 Å². The van der Waals surface area contributed by atoms with Gasteiger partial charge in [0.25, 0.3) is 0 Å². The topological polar surface area (TPSA) is 17.1 Å². The molecule has 0 atom stereocenters. The van der Waals surface area contributed by atoms with Gasteiger partial charge in [0, 0.05) is 24.3 Å². The fraction of sp³-hybridized carbons (Fsp3) is 0.875. The van der Waals surface area contributed by atoms with Crippen LogP contribution >= 0.6 is 23.5 Å². The molecule has 0 aromatic rings. The summed E-state index contributed by atoms with van der Waals surface area (Å²) in [5.74, 6) is 2.98. The molecular weight excluding hydrogens is 176 g/mol. The summed E-state index contributed by atoms with van der Waals surface area (Å²) in [7, 11) is 0. The molecule has 1 saturated carbocycles. The molecular formula is C8H12OS2. The van der Waals surface area contributed by atoms with Crippen molar-refractivity contribution in [2.24, 2.45) is 0 Å². The quantitative estimate of drug-likeness (QED) is 0.580. The highest BCUT2D eigenvalue weighted by molar-refractivity contribution is 8.21. The van der Waals surface area contributed by atoms with E-state index in [1.54, 1.807) is 0 Å². The lowest BCUT2D eigenvalue weighted by Crippen LogP contribution is -2.26. The number of rotatable bonds is 0. The molecule has 1 nitrogen and oxygen atoms in total. The number of hydrogen-bond donors (Lipinski definition) is 0.